The highest BCUT2D eigenvalue weighted by molar-refractivity contribution is 5.35. The van der Waals surface area contributed by atoms with Crippen molar-refractivity contribution in [2.24, 2.45) is 16.7 Å². The number of alkyl halides is 6. The van der Waals surface area contributed by atoms with Gasteiger partial charge in [-0.2, -0.15) is 26.3 Å². The van der Waals surface area contributed by atoms with Crippen molar-refractivity contribution in [1.29, 1.82) is 0 Å². The first kappa shape index (κ1) is 20.7. The molecule has 0 aromatic heterocycles. The molecule has 3 aliphatic carbocycles. The summed E-state index contributed by atoms with van der Waals surface area (Å²) in [6.07, 6.45) is -4.88. The van der Waals surface area contributed by atoms with E-state index in [9.17, 15) is 36.6 Å². The largest absolute Gasteiger partial charge is 0.429 e. The number of hydrogen-bond acceptors (Lipinski definition) is 2. The fourth-order valence-corrected chi connectivity index (χ4v) is 5.08. The van der Waals surface area contributed by atoms with Crippen LogP contribution >= 0.6 is 0 Å². The summed E-state index contributed by atoms with van der Waals surface area (Å²) >= 11 is 0. The van der Waals surface area contributed by atoms with Crippen molar-refractivity contribution in [3.8, 4) is 0 Å². The van der Waals surface area contributed by atoms with E-state index in [1.54, 1.807) is 0 Å². The van der Waals surface area contributed by atoms with Gasteiger partial charge in [-0.15, -0.1) is 0 Å². The second-order valence-electron chi connectivity index (χ2n) is 8.49. The molecule has 0 spiro atoms. The third kappa shape index (κ3) is 3.22. The molecule has 1 unspecified atom stereocenters. The average molecular weight is 398 g/mol. The van der Waals surface area contributed by atoms with Crippen molar-refractivity contribution in [3.63, 3.8) is 0 Å². The fourth-order valence-electron chi connectivity index (χ4n) is 5.08. The van der Waals surface area contributed by atoms with Gasteiger partial charge in [-0.1, -0.05) is 24.6 Å². The number of aliphatic hydroxyl groups excluding tert-OH is 1. The maximum absolute atomic E-state index is 12.8. The summed E-state index contributed by atoms with van der Waals surface area (Å²) in [6, 6.07) is 0. The molecule has 3 atom stereocenters. The summed E-state index contributed by atoms with van der Waals surface area (Å²) in [4.78, 5) is 0. The van der Waals surface area contributed by atoms with Crippen LogP contribution in [-0.2, 0) is 0 Å². The fraction of sp³-hybridized carbons (Fsp3) is 0.789. The molecule has 3 aliphatic rings. The first-order valence-electron chi connectivity index (χ1n) is 9.20. The minimum absolute atomic E-state index is 0.0196. The van der Waals surface area contributed by atoms with Crippen LogP contribution in [0.2, 0.25) is 0 Å². The Balaban J connectivity index is 1.79. The average Bonchev–Trinajstić information content (AvgIpc) is 3.19. The molecular weight excluding hydrogens is 374 g/mol. The van der Waals surface area contributed by atoms with E-state index in [0.29, 0.717) is 19.3 Å². The summed E-state index contributed by atoms with van der Waals surface area (Å²) in [5.74, 6) is 0.0602. The van der Waals surface area contributed by atoms with Crippen LogP contribution in [0.25, 0.3) is 0 Å². The Morgan fingerprint density at radius 3 is 2.22 bits per heavy atom. The predicted molar refractivity (Wildman–Crippen MR) is 86.6 cm³/mol. The third-order valence-electron chi connectivity index (χ3n) is 6.83. The smallest absolute Gasteiger partial charge is 0.393 e. The van der Waals surface area contributed by atoms with Gasteiger partial charge in [-0.3, -0.25) is 0 Å². The molecule has 2 nitrogen and oxygen atoms in total. The van der Waals surface area contributed by atoms with Crippen molar-refractivity contribution >= 4 is 0 Å². The molecule has 2 N–H and O–H groups in total. The van der Waals surface area contributed by atoms with Crippen LogP contribution in [0.4, 0.5) is 26.3 Å². The lowest BCUT2D eigenvalue weighted by molar-refractivity contribution is -0.347. The highest BCUT2D eigenvalue weighted by atomic mass is 19.4. The highest BCUT2D eigenvalue weighted by Crippen LogP contribution is 2.66. The van der Waals surface area contributed by atoms with E-state index < -0.39 is 29.5 Å². The monoisotopic (exact) mass is 398 g/mol. The molecule has 27 heavy (non-hydrogen) atoms. The predicted octanol–water partition coefficient (Wildman–Crippen LogP) is 5.07. The zero-order chi connectivity index (χ0) is 20.3. The van der Waals surface area contributed by atoms with Gasteiger partial charge >= 0.3 is 12.4 Å². The van der Waals surface area contributed by atoms with Crippen molar-refractivity contribution in [1.82, 2.24) is 0 Å². The minimum atomic E-state index is -5.84. The maximum atomic E-state index is 12.8. The standard InChI is InChI=1S/C19H24F6O2/c1-15-7-2-4-13(26)12(15)5-6-14(15)16(10-11-16)8-3-9-17(27,18(20,21)22)19(23,24)25/h3,6,9,12-13,26-27H,2,4-5,7-8,10-11H2,1H3/t12?,13-,15-/m0/s1. The maximum Gasteiger partial charge on any atom is 0.429 e. The van der Waals surface area contributed by atoms with Gasteiger partial charge in [0, 0.05) is 0 Å². The summed E-state index contributed by atoms with van der Waals surface area (Å²) in [6.45, 7) is 2.05. The Kier molecular flexibility index (Phi) is 4.79. The Hall–Kier alpha value is -1.02. The van der Waals surface area contributed by atoms with Crippen molar-refractivity contribution in [2.75, 3.05) is 0 Å². The normalized spacial score (nSPS) is 33.9. The second-order valence-corrected chi connectivity index (χ2v) is 8.49. The third-order valence-corrected chi connectivity index (χ3v) is 6.83. The van der Waals surface area contributed by atoms with Crippen LogP contribution in [0.1, 0.15) is 51.9 Å². The van der Waals surface area contributed by atoms with Gasteiger partial charge in [0.2, 0.25) is 0 Å². The van der Waals surface area contributed by atoms with E-state index in [2.05, 4.69) is 0 Å². The second kappa shape index (κ2) is 6.24. The van der Waals surface area contributed by atoms with Gasteiger partial charge in [0.25, 0.3) is 5.60 Å². The molecule has 0 amide bonds. The molecule has 8 heteroatoms. The Morgan fingerprint density at radius 2 is 1.70 bits per heavy atom. The molecule has 2 saturated carbocycles. The van der Waals surface area contributed by atoms with E-state index in [-0.39, 0.29) is 23.8 Å². The van der Waals surface area contributed by atoms with Crippen LogP contribution in [0, 0.1) is 16.7 Å². The van der Waals surface area contributed by atoms with Crippen molar-refractivity contribution in [3.05, 3.63) is 23.8 Å². The van der Waals surface area contributed by atoms with Gasteiger partial charge in [0.1, 0.15) is 0 Å². The summed E-state index contributed by atoms with van der Waals surface area (Å²) in [5.41, 5.74) is -4.49. The van der Waals surface area contributed by atoms with Gasteiger partial charge in [-0.25, -0.2) is 0 Å². The SMILES string of the molecule is C[C@]12CCC[C@H](O)C1CC=C2C1(CC=CC(O)(C(F)(F)F)C(F)(F)F)CC1. The van der Waals surface area contributed by atoms with Crippen LogP contribution in [0.5, 0.6) is 0 Å². The highest BCUT2D eigenvalue weighted by Gasteiger charge is 2.69. The topological polar surface area (TPSA) is 40.5 Å². The Labute approximate surface area is 153 Å². The molecule has 0 radical (unpaired) electrons. The van der Waals surface area contributed by atoms with Crippen molar-refractivity contribution < 1.29 is 36.6 Å². The van der Waals surface area contributed by atoms with Crippen molar-refractivity contribution in [2.45, 2.75) is 75.9 Å². The first-order chi connectivity index (χ1) is 12.3. The lowest BCUT2D eigenvalue weighted by Gasteiger charge is -2.44. The Bertz CT molecular complexity index is 630. The molecule has 0 bridgehead atoms. The van der Waals surface area contributed by atoms with E-state index in [0.717, 1.165) is 30.9 Å². The lowest BCUT2D eigenvalue weighted by atomic mass is 9.62. The number of hydrogen-bond donors (Lipinski definition) is 2. The lowest BCUT2D eigenvalue weighted by Crippen LogP contribution is -2.55. The first-order valence-corrected chi connectivity index (χ1v) is 9.20. The zero-order valence-electron chi connectivity index (χ0n) is 15.0. The van der Waals surface area contributed by atoms with Gasteiger partial charge in [0.05, 0.1) is 6.10 Å². The summed E-state index contributed by atoms with van der Waals surface area (Å²) in [7, 11) is 0. The Morgan fingerprint density at radius 1 is 1.11 bits per heavy atom. The summed E-state index contributed by atoms with van der Waals surface area (Å²) < 4.78 is 76.8. The van der Waals surface area contributed by atoms with E-state index in [4.69, 9.17) is 0 Å². The van der Waals surface area contributed by atoms with Gasteiger partial charge < -0.3 is 10.2 Å². The molecule has 3 rings (SSSR count). The van der Waals surface area contributed by atoms with Gasteiger partial charge in [0.15, 0.2) is 0 Å². The molecule has 0 aromatic carbocycles. The quantitative estimate of drug-likeness (QED) is 0.513. The van der Waals surface area contributed by atoms with Crippen LogP contribution in [0.15, 0.2) is 23.8 Å². The molecule has 0 aromatic rings. The van der Waals surface area contributed by atoms with E-state index >= 15 is 0 Å². The molecule has 0 aliphatic heterocycles. The molecule has 154 valence electrons. The van der Waals surface area contributed by atoms with Gasteiger partial charge in [-0.05, 0) is 67.8 Å². The minimum Gasteiger partial charge on any atom is -0.393 e. The summed E-state index contributed by atoms with van der Waals surface area (Å²) in [5, 5.41) is 19.5. The molecular formula is C19H24F6O2. The number of halogens is 6. The number of aliphatic hydroxyl groups is 2. The van der Waals surface area contributed by atoms with Crippen LogP contribution < -0.4 is 0 Å². The number of allylic oxidation sites excluding steroid dienone is 3. The number of fused-ring (bicyclic) bond motifs is 1. The van der Waals surface area contributed by atoms with E-state index in [1.165, 1.54) is 0 Å². The van der Waals surface area contributed by atoms with E-state index in [1.807, 2.05) is 13.0 Å². The van der Waals surface area contributed by atoms with Crippen LogP contribution in [-0.4, -0.2) is 34.3 Å². The molecule has 0 saturated heterocycles. The van der Waals surface area contributed by atoms with Crippen LogP contribution in [0.3, 0.4) is 0 Å². The zero-order valence-corrected chi connectivity index (χ0v) is 15.0. The molecule has 0 heterocycles. The number of rotatable bonds is 4. The molecule has 2 fully saturated rings.